The molecule has 0 spiro atoms. The first kappa shape index (κ1) is 11.2. The number of nitrogens with zero attached hydrogens (tertiary/aromatic N) is 2. The van der Waals surface area contributed by atoms with E-state index in [0.717, 1.165) is 29.8 Å². The molecule has 0 aliphatic rings. The number of aromatic nitrogens is 4. The molecule has 0 aliphatic carbocycles. The number of aryl methyl sites for hydroxylation is 1. The normalized spacial score (nSPS) is 10.1. The summed E-state index contributed by atoms with van der Waals surface area (Å²) in [5.74, 6) is 0.788. The van der Waals surface area contributed by atoms with Crippen molar-refractivity contribution in [1.29, 1.82) is 0 Å². The first-order valence-corrected chi connectivity index (χ1v) is 4.60. The zero-order chi connectivity index (χ0) is 9.26. The number of fused-ring (bicyclic) bond motifs is 1. The third-order valence-electron chi connectivity index (χ3n) is 1.81. The van der Waals surface area contributed by atoms with Crippen molar-refractivity contribution in [1.82, 2.24) is 15.0 Å². The van der Waals surface area contributed by atoms with Crippen molar-refractivity contribution < 1.29 is 17.4 Å². The van der Waals surface area contributed by atoms with Crippen molar-refractivity contribution in [2.45, 2.75) is 19.8 Å². The van der Waals surface area contributed by atoms with E-state index in [1.165, 1.54) is 0 Å². The second-order valence-corrected chi connectivity index (χ2v) is 3.20. The molecule has 0 bridgehead atoms. The molecular weight excluding hydrogens is 223 g/mol. The molecule has 0 radical (unpaired) electrons. The van der Waals surface area contributed by atoms with Crippen LogP contribution in [0.5, 0.6) is 0 Å². The highest BCUT2D eigenvalue weighted by Crippen LogP contribution is 2.14. The van der Waals surface area contributed by atoms with E-state index in [0.29, 0.717) is 5.15 Å². The van der Waals surface area contributed by atoms with Crippen molar-refractivity contribution >= 4 is 22.8 Å². The number of imidazole rings is 1. The van der Waals surface area contributed by atoms with Crippen LogP contribution in [0.1, 0.15) is 19.2 Å². The third kappa shape index (κ3) is 1.96. The van der Waals surface area contributed by atoms with E-state index >= 15 is 0 Å². The van der Waals surface area contributed by atoms with Crippen LogP contribution >= 0.6 is 11.6 Å². The molecule has 0 amide bonds. The van der Waals surface area contributed by atoms with Crippen molar-refractivity contribution in [2.24, 2.45) is 0 Å². The minimum Gasteiger partial charge on any atom is -1.00 e. The Bertz CT molecular complexity index is 426. The number of hydrogen-bond acceptors (Lipinski definition) is 2. The van der Waals surface area contributed by atoms with Crippen LogP contribution in [0.15, 0.2) is 6.33 Å². The lowest BCUT2D eigenvalue weighted by Crippen LogP contribution is -3.00. The molecule has 2 rings (SSSR count). The Morgan fingerprint density at radius 3 is 3.00 bits per heavy atom. The van der Waals surface area contributed by atoms with Gasteiger partial charge in [-0.3, -0.25) is 4.98 Å². The van der Waals surface area contributed by atoms with Gasteiger partial charge in [0.25, 0.3) is 0 Å². The molecule has 2 aromatic heterocycles. The van der Waals surface area contributed by atoms with Crippen LogP contribution in [0.2, 0.25) is 5.15 Å². The first-order chi connectivity index (χ1) is 6.31. The standard InChI is InChI=1S/C8H9ClN4.ClH/c1-2-3-5-12-7(9)6-8(13-5)11-4-10-6;/h4H,2-3H2,1H3,(H,10,11,12,13);1H. The van der Waals surface area contributed by atoms with Gasteiger partial charge in [0.2, 0.25) is 11.3 Å². The zero-order valence-corrected chi connectivity index (χ0v) is 9.15. The van der Waals surface area contributed by atoms with Crippen molar-refractivity contribution in [3.8, 4) is 0 Å². The highest BCUT2D eigenvalue weighted by Gasteiger charge is 2.12. The molecule has 0 aromatic carbocycles. The fraction of sp³-hybridized carbons (Fsp3) is 0.375. The second-order valence-electron chi connectivity index (χ2n) is 2.84. The predicted molar refractivity (Wildman–Crippen MR) is 49.4 cm³/mol. The lowest BCUT2D eigenvalue weighted by atomic mass is 10.3. The maximum absolute atomic E-state index is 5.94. The van der Waals surface area contributed by atoms with E-state index in [-0.39, 0.29) is 12.4 Å². The maximum Gasteiger partial charge on any atom is 0.304 e. The summed E-state index contributed by atoms with van der Waals surface area (Å²) in [6.45, 7) is 2.09. The molecule has 0 saturated carbocycles. The summed E-state index contributed by atoms with van der Waals surface area (Å²) in [6, 6.07) is 0. The summed E-state index contributed by atoms with van der Waals surface area (Å²) in [4.78, 5) is 14.4. The number of H-pyrrole nitrogens is 2. The third-order valence-corrected chi connectivity index (χ3v) is 2.08. The predicted octanol–water partition coefficient (Wildman–Crippen LogP) is -1.62. The fourth-order valence-electron chi connectivity index (χ4n) is 1.22. The van der Waals surface area contributed by atoms with Gasteiger partial charge in [-0.05, 0) is 6.42 Å². The minimum atomic E-state index is 0. The van der Waals surface area contributed by atoms with E-state index in [1.54, 1.807) is 6.33 Å². The number of rotatable bonds is 2. The van der Waals surface area contributed by atoms with Gasteiger partial charge in [-0.25, -0.2) is 9.97 Å². The molecule has 0 atom stereocenters. The molecule has 2 N–H and O–H groups in total. The van der Waals surface area contributed by atoms with Gasteiger partial charge in [0, 0.05) is 6.42 Å². The van der Waals surface area contributed by atoms with Crippen molar-refractivity contribution in [2.75, 3.05) is 0 Å². The molecule has 0 aliphatic heterocycles. The van der Waals surface area contributed by atoms with Gasteiger partial charge in [0.05, 0.1) is 0 Å². The monoisotopic (exact) mass is 232 g/mol. The average Bonchev–Trinajstić information content (AvgIpc) is 2.53. The smallest absolute Gasteiger partial charge is 0.304 e. The van der Waals surface area contributed by atoms with Crippen LogP contribution in [0.25, 0.3) is 11.2 Å². The molecule has 2 aromatic rings. The van der Waals surface area contributed by atoms with Crippen molar-refractivity contribution in [3.05, 3.63) is 17.3 Å². The molecule has 76 valence electrons. The summed E-state index contributed by atoms with van der Waals surface area (Å²) in [5, 5.41) is 0.481. The Kier molecular flexibility index (Phi) is 3.66. The summed E-state index contributed by atoms with van der Waals surface area (Å²) in [5.41, 5.74) is 1.53. The molecule has 2 heterocycles. The summed E-state index contributed by atoms with van der Waals surface area (Å²) in [7, 11) is 0. The van der Waals surface area contributed by atoms with E-state index in [2.05, 4.69) is 26.9 Å². The van der Waals surface area contributed by atoms with Crippen LogP contribution < -0.4 is 17.4 Å². The van der Waals surface area contributed by atoms with Gasteiger partial charge in [-0.15, -0.1) is 0 Å². The molecular formula is C8H10Cl2N4. The SMILES string of the molecule is CCCc1nc(Cl)c2[nH]c[nH+]c2n1.[Cl-]. The summed E-state index contributed by atoms with van der Waals surface area (Å²) < 4.78 is 0. The average molecular weight is 233 g/mol. The van der Waals surface area contributed by atoms with E-state index in [9.17, 15) is 0 Å². The Labute approximate surface area is 92.5 Å². The lowest BCUT2D eigenvalue weighted by molar-refractivity contribution is -0.347. The van der Waals surface area contributed by atoms with Gasteiger partial charge in [-0.2, -0.15) is 0 Å². The van der Waals surface area contributed by atoms with E-state index in [1.807, 2.05) is 0 Å². The van der Waals surface area contributed by atoms with Crippen LogP contribution in [-0.4, -0.2) is 15.0 Å². The van der Waals surface area contributed by atoms with Gasteiger partial charge in [-0.1, -0.05) is 23.5 Å². The Balaban J connectivity index is 0.000000980. The van der Waals surface area contributed by atoms with Crippen LogP contribution in [0, 0.1) is 0 Å². The first-order valence-electron chi connectivity index (χ1n) is 4.22. The summed E-state index contributed by atoms with van der Waals surface area (Å²) in [6.07, 6.45) is 3.57. The fourth-order valence-corrected chi connectivity index (χ4v) is 1.46. The Hall–Kier alpha value is -0.870. The largest absolute Gasteiger partial charge is 1.00 e. The van der Waals surface area contributed by atoms with E-state index in [4.69, 9.17) is 11.6 Å². The quantitative estimate of drug-likeness (QED) is 0.634. The molecule has 4 nitrogen and oxygen atoms in total. The van der Waals surface area contributed by atoms with Gasteiger partial charge in [0.15, 0.2) is 11.5 Å². The zero-order valence-electron chi connectivity index (χ0n) is 7.64. The van der Waals surface area contributed by atoms with Gasteiger partial charge >= 0.3 is 5.65 Å². The molecule has 6 heteroatoms. The van der Waals surface area contributed by atoms with E-state index < -0.39 is 0 Å². The Morgan fingerprint density at radius 1 is 1.50 bits per heavy atom. The number of halogens is 2. The molecule has 14 heavy (non-hydrogen) atoms. The topological polar surface area (TPSA) is 55.7 Å². The van der Waals surface area contributed by atoms with Crippen LogP contribution in [-0.2, 0) is 6.42 Å². The number of hydrogen-bond donors (Lipinski definition) is 1. The highest BCUT2D eigenvalue weighted by molar-refractivity contribution is 6.33. The molecule has 0 unspecified atom stereocenters. The van der Waals surface area contributed by atoms with Crippen LogP contribution in [0.4, 0.5) is 0 Å². The molecule has 0 fully saturated rings. The van der Waals surface area contributed by atoms with Gasteiger partial charge < -0.3 is 12.4 Å². The van der Waals surface area contributed by atoms with Gasteiger partial charge in [0.1, 0.15) is 0 Å². The minimum absolute atomic E-state index is 0. The second kappa shape index (κ2) is 4.57. The molecule has 0 saturated heterocycles. The lowest BCUT2D eigenvalue weighted by Gasteiger charge is -1.92. The van der Waals surface area contributed by atoms with Crippen LogP contribution in [0.3, 0.4) is 0 Å². The summed E-state index contributed by atoms with van der Waals surface area (Å²) >= 11 is 5.94. The number of aromatic amines is 2. The Morgan fingerprint density at radius 2 is 2.29 bits per heavy atom. The van der Waals surface area contributed by atoms with Crippen molar-refractivity contribution in [3.63, 3.8) is 0 Å². The maximum atomic E-state index is 5.94. The number of nitrogens with one attached hydrogen (secondary N) is 2. The highest BCUT2D eigenvalue weighted by atomic mass is 35.5.